The van der Waals surface area contributed by atoms with Gasteiger partial charge in [-0.15, -0.1) is 23.2 Å². The molecule has 0 bridgehead atoms. The third-order valence-electron chi connectivity index (χ3n) is 1.99. The molecule has 0 aromatic heterocycles. The molecular weight excluding hydrogens is 226 g/mol. The van der Waals surface area contributed by atoms with Gasteiger partial charge >= 0.3 is 7.60 Å². The van der Waals surface area contributed by atoms with E-state index in [1.165, 1.54) is 6.92 Å². The van der Waals surface area contributed by atoms with Crippen LogP contribution < -0.4 is 0 Å². The average Bonchev–Trinajstić information content (AvgIpc) is 2.30. The zero-order valence-electron chi connectivity index (χ0n) is 6.12. The molecule has 1 atom stereocenters. The van der Waals surface area contributed by atoms with Crippen molar-refractivity contribution in [3.8, 4) is 0 Å². The minimum absolute atomic E-state index is 0.0903. The third-order valence-corrected chi connectivity index (χ3v) is 4.12. The predicted molar refractivity (Wildman–Crippen MR) is 44.2 cm³/mol. The molecule has 4 nitrogen and oxygen atoms in total. The van der Waals surface area contributed by atoms with Gasteiger partial charge in [-0.25, -0.2) is 0 Å². The van der Waals surface area contributed by atoms with Crippen molar-refractivity contribution < 1.29 is 19.1 Å². The van der Waals surface area contributed by atoms with Crippen molar-refractivity contribution in [1.82, 2.24) is 0 Å². The van der Waals surface area contributed by atoms with E-state index in [0.29, 0.717) is 0 Å². The summed E-state index contributed by atoms with van der Waals surface area (Å²) in [6.07, 6.45) is 0.0903. The van der Waals surface area contributed by atoms with E-state index in [-0.39, 0.29) is 6.42 Å². The first-order chi connectivity index (χ1) is 5.11. The first-order valence-electron chi connectivity index (χ1n) is 3.10. The molecule has 12 heavy (non-hydrogen) atoms. The fourth-order valence-corrected chi connectivity index (χ4v) is 2.70. The van der Waals surface area contributed by atoms with Gasteiger partial charge < -0.3 is 9.79 Å². The second-order valence-electron chi connectivity index (χ2n) is 3.06. The number of halogens is 2. The number of carbonyl (C=O) groups is 1. The van der Waals surface area contributed by atoms with E-state index in [2.05, 4.69) is 0 Å². The van der Waals surface area contributed by atoms with E-state index in [1.54, 1.807) is 0 Å². The molecule has 0 saturated heterocycles. The summed E-state index contributed by atoms with van der Waals surface area (Å²) in [5.41, 5.74) is -2.46. The van der Waals surface area contributed by atoms with Crippen LogP contribution in [0, 0.1) is 5.41 Å². The van der Waals surface area contributed by atoms with Crippen molar-refractivity contribution in [3.05, 3.63) is 0 Å². The molecule has 0 spiro atoms. The maximum absolute atomic E-state index is 11.0. The van der Waals surface area contributed by atoms with Crippen molar-refractivity contribution in [2.75, 3.05) is 0 Å². The van der Waals surface area contributed by atoms with Crippen LogP contribution in [-0.4, -0.2) is 19.6 Å². The molecule has 1 saturated carbocycles. The summed E-state index contributed by atoms with van der Waals surface area (Å²) in [4.78, 5) is 28.1. The summed E-state index contributed by atoms with van der Waals surface area (Å²) in [6.45, 7) is 1.34. The van der Waals surface area contributed by atoms with Crippen molar-refractivity contribution in [3.63, 3.8) is 0 Å². The van der Waals surface area contributed by atoms with Gasteiger partial charge in [-0.2, -0.15) is 0 Å². The van der Waals surface area contributed by atoms with Gasteiger partial charge in [0.05, 0.1) is 5.41 Å². The Hall–Kier alpha value is 0.400. The van der Waals surface area contributed by atoms with Gasteiger partial charge in [-0.05, 0) is 13.3 Å². The monoisotopic (exact) mass is 232 g/mol. The summed E-state index contributed by atoms with van der Waals surface area (Å²) >= 11 is 11.1. The molecule has 0 radical (unpaired) electrons. The maximum Gasteiger partial charge on any atom is 0.392 e. The molecule has 1 aliphatic rings. The normalized spacial score (nSPS) is 33.1. The SMILES string of the molecule is CC1(C(=O)P(=O)(O)O)CC1(Cl)Cl. The summed E-state index contributed by atoms with van der Waals surface area (Å²) in [5.74, 6) is 0. The number of hydrogen-bond acceptors (Lipinski definition) is 2. The van der Waals surface area contributed by atoms with Crippen molar-refractivity contribution >= 4 is 36.3 Å². The van der Waals surface area contributed by atoms with Crippen LogP contribution in [-0.2, 0) is 9.36 Å². The van der Waals surface area contributed by atoms with E-state index < -0.39 is 22.9 Å². The van der Waals surface area contributed by atoms with Gasteiger partial charge in [0.1, 0.15) is 4.33 Å². The third kappa shape index (κ3) is 1.42. The quantitative estimate of drug-likeness (QED) is 0.556. The summed E-state index contributed by atoms with van der Waals surface area (Å²) < 4.78 is 9.22. The number of alkyl halides is 2. The Morgan fingerprint density at radius 3 is 1.92 bits per heavy atom. The molecule has 70 valence electrons. The van der Waals surface area contributed by atoms with Crippen LogP contribution in [0.4, 0.5) is 0 Å². The predicted octanol–water partition coefficient (Wildman–Crippen LogP) is 1.27. The Labute approximate surface area is 79.0 Å². The zero-order valence-corrected chi connectivity index (χ0v) is 8.53. The standard InChI is InChI=1S/C5H7Cl2O4P/c1-4(2-5(4,6)7)3(8)12(9,10)11/h2H2,1H3,(H2,9,10,11). The number of rotatable bonds is 2. The Balaban J connectivity index is 2.90. The average molecular weight is 233 g/mol. The fourth-order valence-electron chi connectivity index (χ4n) is 0.953. The highest BCUT2D eigenvalue weighted by atomic mass is 35.5. The lowest BCUT2D eigenvalue weighted by Gasteiger charge is -2.10. The van der Waals surface area contributed by atoms with Gasteiger partial charge in [0.15, 0.2) is 0 Å². The lowest BCUT2D eigenvalue weighted by molar-refractivity contribution is -0.117. The molecule has 0 aromatic carbocycles. The van der Waals surface area contributed by atoms with Crippen molar-refractivity contribution in [2.45, 2.75) is 17.7 Å². The molecule has 7 heteroatoms. The molecule has 0 aromatic rings. The highest BCUT2D eigenvalue weighted by molar-refractivity contribution is 7.70. The molecule has 0 aliphatic heterocycles. The number of carbonyl (C=O) groups excluding carboxylic acids is 1. The van der Waals surface area contributed by atoms with Crippen molar-refractivity contribution in [2.24, 2.45) is 5.41 Å². The number of hydrogen-bond donors (Lipinski definition) is 2. The lowest BCUT2D eigenvalue weighted by atomic mass is 10.2. The molecule has 1 fully saturated rings. The van der Waals surface area contributed by atoms with Crippen LogP contribution in [0.5, 0.6) is 0 Å². The van der Waals surface area contributed by atoms with E-state index in [1.807, 2.05) is 0 Å². The second kappa shape index (κ2) is 2.46. The summed E-state index contributed by atoms with van der Waals surface area (Å²) in [5, 5.41) is 0. The second-order valence-corrected chi connectivity index (χ2v) is 6.04. The van der Waals surface area contributed by atoms with Gasteiger partial charge in [0, 0.05) is 0 Å². The van der Waals surface area contributed by atoms with Crippen LogP contribution in [0.15, 0.2) is 0 Å². The smallest absolute Gasteiger partial charge is 0.319 e. The summed E-state index contributed by atoms with van der Waals surface area (Å²) in [7, 11) is -4.70. The maximum atomic E-state index is 11.0. The molecular formula is C5H7Cl2O4P. The topological polar surface area (TPSA) is 74.6 Å². The first kappa shape index (κ1) is 10.5. The van der Waals surface area contributed by atoms with Crippen LogP contribution in [0.2, 0.25) is 0 Å². The van der Waals surface area contributed by atoms with Crippen LogP contribution >= 0.6 is 30.8 Å². The van der Waals surface area contributed by atoms with E-state index >= 15 is 0 Å². The molecule has 1 unspecified atom stereocenters. The first-order valence-corrected chi connectivity index (χ1v) is 5.46. The zero-order chi connectivity index (χ0) is 9.78. The Morgan fingerprint density at radius 2 is 1.83 bits per heavy atom. The van der Waals surface area contributed by atoms with E-state index in [0.717, 1.165) is 0 Å². The molecule has 0 heterocycles. The van der Waals surface area contributed by atoms with Crippen LogP contribution in [0.1, 0.15) is 13.3 Å². The van der Waals surface area contributed by atoms with Gasteiger partial charge in [0.25, 0.3) is 5.52 Å². The minimum Gasteiger partial charge on any atom is -0.319 e. The minimum atomic E-state index is -4.70. The highest BCUT2D eigenvalue weighted by Gasteiger charge is 2.70. The molecule has 0 amide bonds. The van der Waals surface area contributed by atoms with Crippen LogP contribution in [0.3, 0.4) is 0 Å². The molecule has 1 rings (SSSR count). The summed E-state index contributed by atoms with van der Waals surface area (Å²) in [6, 6.07) is 0. The van der Waals surface area contributed by atoms with Crippen LogP contribution in [0.25, 0.3) is 0 Å². The van der Waals surface area contributed by atoms with Gasteiger partial charge in [0.2, 0.25) is 0 Å². The molecule has 1 aliphatic carbocycles. The lowest BCUT2D eigenvalue weighted by Crippen LogP contribution is -2.18. The fraction of sp³-hybridized carbons (Fsp3) is 0.800. The Morgan fingerprint density at radius 1 is 1.50 bits per heavy atom. The van der Waals surface area contributed by atoms with Gasteiger partial charge in [-0.3, -0.25) is 9.36 Å². The Kier molecular flexibility index (Phi) is 2.15. The van der Waals surface area contributed by atoms with Gasteiger partial charge in [-0.1, -0.05) is 0 Å². The largest absolute Gasteiger partial charge is 0.392 e. The van der Waals surface area contributed by atoms with E-state index in [9.17, 15) is 9.36 Å². The highest BCUT2D eigenvalue weighted by Crippen LogP contribution is 2.68. The van der Waals surface area contributed by atoms with Crippen molar-refractivity contribution in [1.29, 1.82) is 0 Å². The Bertz CT molecular complexity index is 283. The molecule has 2 N–H and O–H groups in total. The van der Waals surface area contributed by atoms with E-state index in [4.69, 9.17) is 33.0 Å².